The number of aromatic carboxylic acids is 1. The van der Waals surface area contributed by atoms with Crippen molar-refractivity contribution in [3.8, 4) is 0 Å². The van der Waals surface area contributed by atoms with Crippen molar-refractivity contribution in [2.24, 2.45) is 0 Å². The molecule has 0 spiro atoms. The first kappa shape index (κ1) is 19.3. The van der Waals surface area contributed by atoms with E-state index in [9.17, 15) is 23.1 Å². The average Bonchev–Trinajstić information content (AvgIpc) is 3.16. The maximum atomic E-state index is 12.7. The molecule has 2 heterocycles. The summed E-state index contributed by atoms with van der Waals surface area (Å²) in [5.41, 5.74) is 1.18. The van der Waals surface area contributed by atoms with Gasteiger partial charge in [0.15, 0.2) is 0 Å². The Morgan fingerprint density at radius 2 is 1.85 bits per heavy atom. The highest BCUT2D eigenvalue weighted by atomic mass is 32.2. The van der Waals surface area contributed by atoms with Crippen molar-refractivity contribution in [3.63, 3.8) is 0 Å². The number of sulfonamides is 1. The van der Waals surface area contributed by atoms with Crippen LogP contribution in [0, 0.1) is 13.8 Å². The van der Waals surface area contributed by atoms with E-state index in [0.29, 0.717) is 25.4 Å². The standard InChI is InChI=1S/C17H15NO6S3/c1-8-4-5-11(9(2)14(8)15(19)20)18-27(22,23)13-7-10-6-12(16(21)24-3)25-17(10)26-13/h4-7,18H,1-3H3,(H,19,20). The van der Waals surface area contributed by atoms with E-state index in [-0.39, 0.29) is 15.5 Å². The molecule has 10 heteroatoms. The van der Waals surface area contributed by atoms with Gasteiger partial charge in [0.1, 0.15) is 9.09 Å². The summed E-state index contributed by atoms with van der Waals surface area (Å²) in [6.07, 6.45) is 0. The molecule has 1 aromatic carbocycles. The van der Waals surface area contributed by atoms with Crippen LogP contribution in [-0.4, -0.2) is 32.6 Å². The van der Waals surface area contributed by atoms with Gasteiger partial charge in [-0.25, -0.2) is 18.0 Å². The van der Waals surface area contributed by atoms with E-state index in [2.05, 4.69) is 9.46 Å². The summed E-state index contributed by atoms with van der Waals surface area (Å²) >= 11 is 2.19. The average molecular weight is 426 g/mol. The fraction of sp³-hybridized carbons (Fsp3) is 0.176. The zero-order chi connectivity index (χ0) is 19.9. The summed E-state index contributed by atoms with van der Waals surface area (Å²) in [5, 5.41) is 9.97. The minimum Gasteiger partial charge on any atom is -0.478 e. The Hall–Kier alpha value is -2.43. The highest BCUT2D eigenvalue weighted by Gasteiger charge is 2.23. The van der Waals surface area contributed by atoms with Gasteiger partial charge in [-0.1, -0.05) is 6.07 Å². The van der Waals surface area contributed by atoms with Gasteiger partial charge in [-0.05, 0) is 43.2 Å². The van der Waals surface area contributed by atoms with Crippen LogP contribution < -0.4 is 4.72 Å². The number of benzene rings is 1. The number of fused-ring (bicyclic) bond motifs is 1. The van der Waals surface area contributed by atoms with Gasteiger partial charge < -0.3 is 9.84 Å². The number of esters is 1. The molecule has 0 amide bonds. The van der Waals surface area contributed by atoms with E-state index in [1.165, 1.54) is 13.2 Å². The number of ether oxygens (including phenoxy) is 1. The minimum absolute atomic E-state index is 0.0742. The molecule has 27 heavy (non-hydrogen) atoms. The Morgan fingerprint density at radius 3 is 2.44 bits per heavy atom. The third-order valence-corrected chi connectivity index (χ3v) is 8.18. The second-order valence-electron chi connectivity index (χ2n) is 5.75. The van der Waals surface area contributed by atoms with Gasteiger partial charge in [0.25, 0.3) is 10.0 Å². The summed E-state index contributed by atoms with van der Waals surface area (Å²) in [6.45, 7) is 3.21. The number of rotatable bonds is 5. The quantitative estimate of drug-likeness (QED) is 0.601. The molecule has 0 bridgehead atoms. The molecule has 0 saturated heterocycles. The van der Waals surface area contributed by atoms with E-state index >= 15 is 0 Å². The smallest absolute Gasteiger partial charge is 0.348 e. The molecule has 2 N–H and O–H groups in total. The Bertz CT molecular complexity index is 1140. The van der Waals surface area contributed by atoms with Crippen LogP contribution in [0.4, 0.5) is 5.69 Å². The van der Waals surface area contributed by atoms with Gasteiger partial charge in [-0.3, -0.25) is 4.72 Å². The monoisotopic (exact) mass is 425 g/mol. The van der Waals surface area contributed by atoms with Gasteiger partial charge in [0, 0.05) is 5.39 Å². The van der Waals surface area contributed by atoms with E-state index in [1.807, 2.05) is 0 Å². The first-order valence-electron chi connectivity index (χ1n) is 7.62. The van der Waals surface area contributed by atoms with Crippen molar-refractivity contribution in [2.45, 2.75) is 18.1 Å². The molecular formula is C17H15NO6S3. The summed E-state index contributed by atoms with van der Waals surface area (Å²) in [7, 11) is -2.61. The van der Waals surface area contributed by atoms with Crippen molar-refractivity contribution in [3.05, 3.63) is 45.8 Å². The number of carboxylic acids is 1. The Labute approximate surface area is 163 Å². The summed E-state index contributed by atoms with van der Waals surface area (Å²) < 4.78 is 33.3. The lowest BCUT2D eigenvalue weighted by atomic mass is 10.0. The molecule has 0 radical (unpaired) electrons. The predicted molar refractivity (Wildman–Crippen MR) is 105 cm³/mol. The molecule has 0 fully saturated rings. The molecule has 7 nitrogen and oxygen atoms in total. The van der Waals surface area contributed by atoms with Crippen molar-refractivity contribution in [2.75, 3.05) is 11.8 Å². The minimum atomic E-state index is -3.90. The van der Waals surface area contributed by atoms with Gasteiger partial charge in [-0.15, -0.1) is 22.7 Å². The van der Waals surface area contributed by atoms with Crippen molar-refractivity contribution in [1.29, 1.82) is 0 Å². The molecule has 2 aromatic heterocycles. The highest BCUT2D eigenvalue weighted by molar-refractivity contribution is 7.95. The zero-order valence-electron chi connectivity index (χ0n) is 14.5. The number of nitrogens with one attached hydrogen (secondary N) is 1. The topological polar surface area (TPSA) is 110 Å². The third kappa shape index (κ3) is 3.55. The number of hydrogen-bond acceptors (Lipinski definition) is 7. The van der Waals surface area contributed by atoms with E-state index < -0.39 is 22.0 Å². The number of hydrogen-bond donors (Lipinski definition) is 2. The van der Waals surface area contributed by atoms with Crippen LogP contribution >= 0.6 is 22.7 Å². The second-order valence-corrected chi connectivity index (χ2v) is 10.0. The van der Waals surface area contributed by atoms with Crippen LogP contribution in [0.5, 0.6) is 0 Å². The maximum absolute atomic E-state index is 12.7. The molecule has 0 aliphatic heterocycles. The number of carbonyl (C=O) groups excluding carboxylic acids is 1. The van der Waals surface area contributed by atoms with Gasteiger partial charge in [-0.2, -0.15) is 0 Å². The van der Waals surface area contributed by atoms with E-state index in [0.717, 1.165) is 22.7 Å². The Morgan fingerprint density at radius 1 is 1.15 bits per heavy atom. The fourth-order valence-electron chi connectivity index (χ4n) is 2.63. The fourth-order valence-corrected chi connectivity index (χ4v) is 6.60. The molecule has 0 saturated carbocycles. The highest BCUT2D eigenvalue weighted by Crippen LogP contribution is 2.37. The predicted octanol–water partition coefficient (Wildman–Crippen LogP) is 3.87. The van der Waals surface area contributed by atoms with Gasteiger partial charge >= 0.3 is 11.9 Å². The lowest BCUT2D eigenvalue weighted by Gasteiger charge is -2.13. The molecular weight excluding hydrogens is 410 g/mol. The van der Waals surface area contributed by atoms with Gasteiger partial charge in [0.05, 0.1) is 22.4 Å². The Balaban J connectivity index is 1.97. The lowest BCUT2D eigenvalue weighted by molar-refractivity contribution is 0.0605. The largest absolute Gasteiger partial charge is 0.478 e. The van der Waals surface area contributed by atoms with Crippen LogP contribution in [0.1, 0.15) is 31.2 Å². The van der Waals surface area contributed by atoms with E-state index in [1.54, 1.807) is 32.0 Å². The second kappa shape index (κ2) is 6.95. The summed E-state index contributed by atoms with van der Waals surface area (Å²) in [5.74, 6) is -1.58. The van der Waals surface area contributed by atoms with Crippen LogP contribution in [0.2, 0.25) is 0 Å². The van der Waals surface area contributed by atoms with Crippen LogP contribution in [0.15, 0.2) is 28.5 Å². The van der Waals surface area contributed by atoms with Crippen LogP contribution in [0.3, 0.4) is 0 Å². The molecule has 0 aliphatic rings. The number of carboxylic acid groups (broad SMARTS) is 1. The summed E-state index contributed by atoms with van der Waals surface area (Å²) in [4.78, 5) is 23.4. The van der Waals surface area contributed by atoms with Crippen molar-refractivity contribution >= 4 is 59.7 Å². The first-order chi connectivity index (χ1) is 12.6. The molecule has 0 unspecified atom stereocenters. The number of carbonyl (C=O) groups is 2. The van der Waals surface area contributed by atoms with Crippen LogP contribution in [-0.2, 0) is 14.8 Å². The zero-order valence-corrected chi connectivity index (χ0v) is 17.0. The molecule has 3 rings (SSSR count). The lowest BCUT2D eigenvalue weighted by Crippen LogP contribution is -2.14. The van der Waals surface area contributed by atoms with E-state index in [4.69, 9.17) is 0 Å². The normalized spacial score (nSPS) is 11.5. The SMILES string of the molecule is COC(=O)c1cc2cc(S(=O)(=O)Nc3ccc(C)c(C(=O)O)c3C)sc2s1. The van der Waals surface area contributed by atoms with Gasteiger partial charge in [0.2, 0.25) is 0 Å². The number of anilines is 1. The third-order valence-electron chi connectivity index (χ3n) is 3.97. The number of methoxy groups -OCH3 is 1. The van der Waals surface area contributed by atoms with Crippen molar-refractivity contribution < 1.29 is 27.9 Å². The molecule has 142 valence electrons. The molecule has 3 aromatic rings. The van der Waals surface area contributed by atoms with Crippen LogP contribution in [0.25, 0.3) is 9.40 Å². The Kier molecular flexibility index (Phi) is 4.98. The first-order valence-corrected chi connectivity index (χ1v) is 10.7. The molecule has 0 aliphatic carbocycles. The number of aryl methyl sites for hydroxylation is 1. The molecule has 0 atom stereocenters. The maximum Gasteiger partial charge on any atom is 0.348 e. The van der Waals surface area contributed by atoms with Crippen molar-refractivity contribution in [1.82, 2.24) is 0 Å². The number of thiophene rings is 2. The summed E-state index contributed by atoms with van der Waals surface area (Å²) in [6, 6.07) is 6.16.